The minimum atomic E-state index is -0.988. The molecule has 26 heavy (non-hydrogen) atoms. The molecule has 0 atom stereocenters. The third-order valence-electron chi connectivity index (χ3n) is 3.32. The van der Waals surface area contributed by atoms with E-state index in [2.05, 4.69) is 15.8 Å². The molecule has 0 aromatic heterocycles. The monoisotopic (exact) mass is 355 g/mol. The van der Waals surface area contributed by atoms with Gasteiger partial charge in [-0.05, 0) is 29.8 Å². The molecule has 0 aliphatic carbocycles. The lowest BCUT2D eigenvalue weighted by molar-refractivity contribution is -0.138. The van der Waals surface area contributed by atoms with Crippen molar-refractivity contribution in [2.24, 2.45) is 5.10 Å². The topological polar surface area (TPSA) is 117 Å². The molecule has 0 aliphatic rings. The van der Waals surface area contributed by atoms with Crippen LogP contribution < -0.4 is 15.5 Å². The Morgan fingerprint density at radius 3 is 2.42 bits per heavy atom. The number of likely N-dealkylation sites (N-methyl/N-ethyl adjacent to an activating group) is 1. The van der Waals surface area contributed by atoms with Crippen LogP contribution >= 0.6 is 0 Å². The summed E-state index contributed by atoms with van der Waals surface area (Å²) >= 11 is 0. The van der Waals surface area contributed by atoms with E-state index in [1.165, 1.54) is 25.4 Å². The predicted molar refractivity (Wildman–Crippen MR) is 94.0 cm³/mol. The quantitative estimate of drug-likeness (QED) is 0.408. The lowest BCUT2D eigenvalue weighted by atomic mass is 10.1. The van der Waals surface area contributed by atoms with Gasteiger partial charge in [-0.2, -0.15) is 5.10 Å². The molecular formula is C18H17N3O5. The largest absolute Gasteiger partial charge is 0.488 e. The number of carbonyl (C=O) groups is 3. The molecule has 3 N–H and O–H groups in total. The number of aromatic carboxylic acids is 1. The van der Waals surface area contributed by atoms with Crippen molar-refractivity contribution < 1.29 is 24.2 Å². The third-order valence-corrected chi connectivity index (χ3v) is 3.32. The summed E-state index contributed by atoms with van der Waals surface area (Å²) in [6, 6.07) is 13.4. The van der Waals surface area contributed by atoms with Crippen LogP contribution in [0.25, 0.3) is 0 Å². The number of benzene rings is 2. The van der Waals surface area contributed by atoms with Crippen LogP contribution in [0.1, 0.15) is 21.5 Å². The van der Waals surface area contributed by atoms with Gasteiger partial charge in [0.2, 0.25) is 0 Å². The molecular weight excluding hydrogens is 338 g/mol. The lowest BCUT2D eigenvalue weighted by Crippen LogP contribution is -2.35. The van der Waals surface area contributed by atoms with Crippen LogP contribution in [0, 0.1) is 0 Å². The van der Waals surface area contributed by atoms with Crippen LogP contribution in [-0.2, 0) is 16.2 Å². The van der Waals surface area contributed by atoms with Crippen molar-refractivity contribution in [3.05, 3.63) is 65.2 Å². The number of nitrogens with zero attached hydrogens (tertiary/aromatic N) is 1. The number of para-hydroxylation sites is 1. The molecule has 2 aromatic carbocycles. The van der Waals surface area contributed by atoms with Crippen molar-refractivity contribution in [2.45, 2.75) is 6.61 Å². The van der Waals surface area contributed by atoms with E-state index in [9.17, 15) is 14.4 Å². The summed E-state index contributed by atoms with van der Waals surface area (Å²) in [6.45, 7) is 0.232. The molecule has 0 bridgehead atoms. The van der Waals surface area contributed by atoms with E-state index >= 15 is 0 Å². The van der Waals surface area contributed by atoms with Crippen LogP contribution in [0.15, 0.2) is 53.6 Å². The molecule has 2 aromatic rings. The van der Waals surface area contributed by atoms with Gasteiger partial charge in [-0.25, -0.2) is 10.2 Å². The smallest absolute Gasteiger partial charge is 0.335 e. The zero-order chi connectivity index (χ0) is 18.9. The Labute approximate surface area is 149 Å². The van der Waals surface area contributed by atoms with Gasteiger partial charge >= 0.3 is 17.8 Å². The number of ether oxygens (including phenoxy) is 1. The van der Waals surface area contributed by atoms with E-state index < -0.39 is 17.8 Å². The maximum absolute atomic E-state index is 11.3. The Hall–Kier alpha value is -3.68. The number of hydrogen-bond donors (Lipinski definition) is 3. The summed E-state index contributed by atoms with van der Waals surface area (Å²) in [7, 11) is 1.35. The zero-order valence-corrected chi connectivity index (χ0v) is 13.9. The number of carboxylic acid groups (broad SMARTS) is 1. The van der Waals surface area contributed by atoms with Gasteiger partial charge in [0, 0.05) is 12.6 Å². The summed E-state index contributed by atoms with van der Waals surface area (Å²) in [6.07, 6.45) is 1.36. The Bertz CT molecular complexity index is 831. The third kappa shape index (κ3) is 5.17. The SMILES string of the molecule is CNC(=O)C(=O)N/N=C\c1ccccc1OCc1ccc(C(=O)O)cc1. The minimum Gasteiger partial charge on any atom is -0.488 e. The van der Waals surface area contributed by atoms with E-state index in [1.54, 1.807) is 36.4 Å². The molecule has 0 saturated carbocycles. The van der Waals surface area contributed by atoms with Gasteiger partial charge in [0.05, 0.1) is 11.8 Å². The standard InChI is InChI=1S/C18H17N3O5/c1-19-16(22)17(23)21-20-10-14-4-2-3-5-15(14)26-11-12-6-8-13(9-7-12)18(24)25/h2-10H,11H2,1H3,(H,19,22)(H,21,23)(H,24,25)/b20-10-. The molecule has 2 amide bonds. The fourth-order valence-corrected chi connectivity index (χ4v) is 1.95. The second-order valence-corrected chi connectivity index (χ2v) is 5.11. The fourth-order valence-electron chi connectivity index (χ4n) is 1.95. The molecule has 0 radical (unpaired) electrons. The van der Waals surface area contributed by atoms with Crippen molar-refractivity contribution in [1.82, 2.24) is 10.7 Å². The van der Waals surface area contributed by atoms with E-state index in [1.807, 2.05) is 0 Å². The Balaban J connectivity index is 2.01. The number of carbonyl (C=O) groups excluding carboxylic acids is 2. The fraction of sp³-hybridized carbons (Fsp3) is 0.111. The second-order valence-electron chi connectivity index (χ2n) is 5.11. The first-order chi connectivity index (χ1) is 12.5. The summed E-state index contributed by atoms with van der Waals surface area (Å²) in [4.78, 5) is 33.3. The summed E-state index contributed by atoms with van der Waals surface area (Å²) in [5.74, 6) is -2.14. The summed E-state index contributed by atoms with van der Waals surface area (Å²) in [5, 5.41) is 14.8. The van der Waals surface area contributed by atoms with Crippen LogP contribution in [0.2, 0.25) is 0 Å². The molecule has 2 rings (SSSR count). The first-order valence-electron chi connectivity index (χ1n) is 7.60. The molecule has 0 saturated heterocycles. The van der Waals surface area contributed by atoms with Crippen molar-refractivity contribution in [1.29, 1.82) is 0 Å². The van der Waals surface area contributed by atoms with Gasteiger partial charge in [0.25, 0.3) is 0 Å². The van der Waals surface area contributed by atoms with Gasteiger partial charge in [0.1, 0.15) is 12.4 Å². The second kappa shape index (κ2) is 8.97. The maximum Gasteiger partial charge on any atom is 0.335 e. The van der Waals surface area contributed by atoms with Gasteiger partial charge in [-0.1, -0.05) is 24.3 Å². The first-order valence-corrected chi connectivity index (χ1v) is 7.60. The van der Waals surface area contributed by atoms with E-state index in [0.717, 1.165) is 5.56 Å². The van der Waals surface area contributed by atoms with Gasteiger partial charge in [-0.3, -0.25) is 9.59 Å². The van der Waals surface area contributed by atoms with Crippen molar-refractivity contribution in [2.75, 3.05) is 7.05 Å². The normalized spacial score (nSPS) is 10.3. The molecule has 134 valence electrons. The van der Waals surface area contributed by atoms with E-state index in [-0.39, 0.29) is 12.2 Å². The molecule has 0 spiro atoms. The van der Waals surface area contributed by atoms with Crippen molar-refractivity contribution in [3.8, 4) is 5.75 Å². The first kappa shape index (κ1) is 18.7. The van der Waals surface area contributed by atoms with E-state index in [4.69, 9.17) is 9.84 Å². The number of amides is 2. The van der Waals surface area contributed by atoms with Crippen LogP contribution in [0.3, 0.4) is 0 Å². The number of nitrogens with one attached hydrogen (secondary N) is 2. The van der Waals surface area contributed by atoms with Gasteiger partial charge < -0.3 is 15.2 Å². The highest BCUT2D eigenvalue weighted by Gasteiger charge is 2.09. The van der Waals surface area contributed by atoms with Crippen LogP contribution in [0.5, 0.6) is 5.75 Å². The molecule has 8 heteroatoms. The molecule has 0 unspecified atom stereocenters. The Morgan fingerprint density at radius 1 is 1.08 bits per heavy atom. The summed E-state index contributed by atoms with van der Waals surface area (Å²) < 4.78 is 5.72. The number of hydrogen-bond acceptors (Lipinski definition) is 5. The van der Waals surface area contributed by atoms with Crippen molar-refractivity contribution >= 4 is 24.0 Å². The maximum atomic E-state index is 11.3. The van der Waals surface area contributed by atoms with Gasteiger partial charge in [0.15, 0.2) is 0 Å². The Kier molecular flexibility index (Phi) is 6.44. The number of carboxylic acids is 1. The van der Waals surface area contributed by atoms with Crippen molar-refractivity contribution in [3.63, 3.8) is 0 Å². The van der Waals surface area contributed by atoms with Crippen LogP contribution in [-0.4, -0.2) is 36.2 Å². The molecule has 0 fully saturated rings. The minimum absolute atomic E-state index is 0.202. The average molecular weight is 355 g/mol. The van der Waals surface area contributed by atoms with Crippen LogP contribution in [0.4, 0.5) is 0 Å². The highest BCUT2D eigenvalue weighted by atomic mass is 16.5. The summed E-state index contributed by atoms with van der Waals surface area (Å²) in [5.41, 5.74) is 3.71. The zero-order valence-electron chi connectivity index (χ0n) is 13.9. The number of rotatable bonds is 6. The molecule has 8 nitrogen and oxygen atoms in total. The van der Waals surface area contributed by atoms with Gasteiger partial charge in [-0.15, -0.1) is 0 Å². The Morgan fingerprint density at radius 2 is 1.77 bits per heavy atom. The predicted octanol–water partition coefficient (Wildman–Crippen LogP) is 1.16. The highest BCUT2D eigenvalue weighted by molar-refractivity contribution is 6.35. The average Bonchev–Trinajstić information content (AvgIpc) is 2.66. The molecule has 0 aliphatic heterocycles. The highest BCUT2D eigenvalue weighted by Crippen LogP contribution is 2.17. The lowest BCUT2D eigenvalue weighted by Gasteiger charge is -2.09. The molecule has 0 heterocycles. The number of hydrazone groups is 1. The van der Waals surface area contributed by atoms with E-state index in [0.29, 0.717) is 11.3 Å².